The largest absolute Gasteiger partial charge is 1.00 e. The molecule has 0 radical (unpaired) electrons. The second-order valence-electron chi connectivity index (χ2n) is 1.29. The van der Waals surface area contributed by atoms with Crippen LogP contribution in [0.1, 0.15) is 0 Å². The van der Waals surface area contributed by atoms with Gasteiger partial charge in [-0.1, -0.05) is 0 Å². The fourth-order valence-corrected chi connectivity index (χ4v) is 0.226. The normalized spacial score (nSPS) is 11.8. The maximum absolute atomic E-state index is 9.65. The maximum Gasteiger partial charge on any atom is 1.00 e. The molecule has 0 bridgehead atoms. The summed E-state index contributed by atoms with van der Waals surface area (Å²) in [6.07, 6.45) is -1.50. The number of carboxylic acids is 1. The average molecular weight is 142 g/mol. The van der Waals surface area contributed by atoms with Gasteiger partial charge in [-0.25, -0.2) is 0 Å². The number of carbonyl (C=O) groups is 1. The monoisotopic (exact) mass is 142 g/mol. The smallest absolute Gasteiger partial charge is 0.547 e. The predicted octanol–water partition coefficient (Wildman–Crippen LogP) is -5.25. The van der Waals surface area contributed by atoms with E-state index in [1.807, 2.05) is 0 Å². The van der Waals surface area contributed by atoms with Gasteiger partial charge in [0.05, 0.1) is 12.6 Å². The van der Waals surface area contributed by atoms with Crippen molar-refractivity contribution in [2.24, 2.45) is 0 Å². The van der Waals surface area contributed by atoms with Crippen molar-refractivity contribution in [1.29, 1.82) is 0 Å². The zero-order chi connectivity index (χ0) is 6.57. The summed E-state index contributed by atoms with van der Waals surface area (Å²) in [7, 11) is 1.30. The first-order valence-electron chi connectivity index (χ1n) is 2.06. The Hall–Kier alpha value is 0.390. The molecule has 0 aliphatic carbocycles. The Balaban J connectivity index is 0. The van der Waals surface area contributed by atoms with Gasteiger partial charge in [-0.05, 0) is 0 Å². The first-order valence-corrected chi connectivity index (χ1v) is 2.06. The number of aliphatic carboxylic acids is 1. The molecule has 1 unspecified atom stereocenters. The summed E-state index contributed by atoms with van der Waals surface area (Å²) in [5.74, 6) is -1.51. The van der Waals surface area contributed by atoms with Crippen LogP contribution in [0, 0.1) is 0 Å². The topological polar surface area (TPSA) is 69.6 Å². The van der Waals surface area contributed by atoms with Gasteiger partial charge in [0, 0.05) is 7.11 Å². The third-order valence-corrected chi connectivity index (χ3v) is 0.597. The molecule has 0 heterocycles. The van der Waals surface area contributed by atoms with Crippen molar-refractivity contribution in [1.82, 2.24) is 0 Å². The average Bonchev–Trinajstić information content (AvgIpc) is 1.67. The van der Waals surface area contributed by atoms with Gasteiger partial charge in [0.1, 0.15) is 6.10 Å². The number of hydrogen-bond acceptors (Lipinski definition) is 4. The summed E-state index contributed by atoms with van der Waals surface area (Å²) in [5.41, 5.74) is 0. The third kappa shape index (κ3) is 6.27. The van der Waals surface area contributed by atoms with Crippen LogP contribution in [-0.4, -0.2) is 30.9 Å². The van der Waals surface area contributed by atoms with Crippen LogP contribution in [-0.2, 0) is 9.53 Å². The molecule has 0 spiro atoms. The van der Waals surface area contributed by atoms with Gasteiger partial charge < -0.3 is 19.7 Å². The van der Waals surface area contributed by atoms with Crippen LogP contribution in [0.15, 0.2) is 0 Å². The number of aliphatic hydroxyl groups excluding tert-OH is 1. The molecular weight excluding hydrogens is 135 g/mol. The van der Waals surface area contributed by atoms with Crippen molar-refractivity contribution >= 4 is 5.97 Å². The summed E-state index contributed by atoms with van der Waals surface area (Å²) >= 11 is 0. The van der Waals surface area contributed by atoms with E-state index >= 15 is 0 Å². The van der Waals surface area contributed by atoms with E-state index in [-0.39, 0.29) is 36.2 Å². The molecule has 0 aromatic carbocycles. The Labute approximate surface area is 75.1 Å². The molecule has 5 heteroatoms. The van der Waals surface area contributed by atoms with E-state index in [2.05, 4.69) is 4.74 Å². The van der Waals surface area contributed by atoms with Crippen LogP contribution < -0.4 is 34.7 Å². The van der Waals surface area contributed by atoms with E-state index in [0.717, 1.165) is 0 Å². The van der Waals surface area contributed by atoms with Crippen molar-refractivity contribution in [2.45, 2.75) is 6.10 Å². The van der Waals surface area contributed by atoms with Crippen molar-refractivity contribution in [3.8, 4) is 0 Å². The van der Waals surface area contributed by atoms with E-state index in [4.69, 9.17) is 5.11 Å². The van der Waals surface area contributed by atoms with Crippen LogP contribution in [0.2, 0.25) is 0 Å². The molecule has 1 N–H and O–H groups in total. The Bertz CT molecular complexity index is 84.6. The first-order chi connectivity index (χ1) is 3.68. The molecule has 0 rings (SSSR count). The number of rotatable bonds is 3. The molecular formula is C4H7NaO4. The van der Waals surface area contributed by atoms with Crippen molar-refractivity contribution in [2.75, 3.05) is 13.7 Å². The molecule has 0 fully saturated rings. The minimum absolute atomic E-state index is 0. The molecule has 0 saturated carbocycles. The molecule has 0 saturated heterocycles. The van der Waals surface area contributed by atoms with Gasteiger partial charge in [-0.3, -0.25) is 0 Å². The third-order valence-electron chi connectivity index (χ3n) is 0.597. The van der Waals surface area contributed by atoms with E-state index in [1.54, 1.807) is 0 Å². The first kappa shape index (κ1) is 12.1. The SMILES string of the molecule is COCC(O)C(=O)[O-].[Na+]. The number of carbonyl (C=O) groups excluding carboxylic acids is 1. The zero-order valence-electron chi connectivity index (χ0n) is 5.46. The number of methoxy groups -OCH3 is 1. The Morgan fingerprint density at radius 3 is 2.44 bits per heavy atom. The van der Waals surface area contributed by atoms with Crippen molar-refractivity contribution in [3.63, 3.8) is 0 Å². The minimum atomic E-state index is -1.51. The summed E-state index contributed by atoms with van der Waals surface area (Å²) in [6.45, 7) is -0.220. The molecule has 1 atom stereocenters. The van der Waals surface area contributed by atoms with E-state index in [1.165, 1.54) is 7.11 Å². The number of carboxylic acid groups (broad SMARTS) is 1. The molecule has 0 aliphatic heterocycles. The predicted molar refractivity (Wildman–Crippen MR) is 22.9 cm³/mol. The number of hydrogen-bond donors (Lipinski definition) is 1. The number of aliphatic hydroxyl groups is 1. The van der Waals surface area contributed by atoms with Gasteiger partial charge >= 0.3 is 29.6 Å². The van der Waals surface area contributed by atoms with E-state index in [9.17, 15) is 9.90 Å². The summed E-state index contributed by atoms with van der Waals surface area (Å²) in [6, 6.07) is 0. The van der Waals surface area contributed by atoms with Crippen molar-refractivity contribution < 1.29 is 49.3 Å². The molecule has 9 heavy (non-hydrogen) atoms. The second kappa shape index (κ2) is 6.51. The van der Waals surface area contributed by atoms with Crippen LogP contribution >= 0.6 is 0 Å². The second-order valence-corrected chi connectivity index (χ2v) is 1.29. The van der Waals surface area contributed by atoms with Crippen molar-refractivity contribution in [3.05, 3.63) is 0 Å². The van der Waals surface area contributed by atoms with Gasteiger partial charge in [0.25, 0.3) is 0 Å². The summed E-state index contributed by atoms with van der Waals surface area (Å²) in [5, 5.41) is 18.0. The summed E-state index contributed by atoms with van der Waals surface area (Å²) in [4.78, 5) is 9.65. The Kier molecular flexibility index (Phi) is 8.75. The van der Waals surface area contributed by atoms with Gasteiger partial charge in [0.15, 0.2) is 0 Å². The number of ether oxygens (including phenoxy) is 1. The standard InChI is InChI=1S/C4H8O4.Na/c1-8-2-3(5)4(6)7;/h3,5H,2H2,1H3,(H,6,7);/q;+1/p-1. The molecule has 0 aliphatic rings. The Morgan fingerprint density at radius 1 is 1.89 bits per heavy atom. The molecule has 48 valence electrons. The summed E-state index contributed by atoms with van der Waals surface area (Å²) < 4.78 is 4.29. The van der Waals surface area contributed by atoms with Crippen LogP contribution in [0.25, 0.3) is 0 Å². The van der Waals surface area contributed by atoms with Gasteiger partial charge in [0.2, 0.25) is 0 Å². The zero-order valence-corrected chi connectivity index (χ0v) is 7.46. The Morgan fingerprint density at radius 2 is 2.33 bits per heavy atom. The van der Waals surface area contributed by atoms with Crippen LogP contribution in [0.3, 0.4) is 0 Å². The van der Waals surface area contributed by atoms with E-state index in [0.29, 0.717) is 0 Å². The molecule has 0 aromatic heterocycles. The quantitative estimate of drug-likeness (QED) is 0.400. The van der Waals surface area contributed by atoms with Gasteiger partial charge in [-0.15, -0.1) is 0 Å². The van der Waals surface area contributed by atoms with Crippen LogP contribution in [0.5, 0.6) is 0 Å². The molecule has 0 amide bonds. The fourth-order valence-electron chi connectivity index (χ4n) is 0.226. The van der Waals surface area contributed by atoms with Gasteiger partial charge in [-0.2, -0.15) is 0 Å². The molecule has 4 nitrogen and oxygen atoms in total. The maximum atomic E-state index is 9.65. The van der Waals surface area contributed by atoms with E-state index < -0.39 is 12.1 Å². The minimum Gasteiger partial charge on any atom is -0.547 e. The van der Waals surface area contributed by atoms with Crippen LogP contribution in [0.4, 0.5) is 0 Å². The fraction of sp³-hybridized carbons (Fsp3) is 0.750. The molecule has 0 aromatic rings.